The van der Waals surface area contributed by atoms with E-state index in [9.17, 15) is 24.3 Å². The van der Waals surface area contributed by atoms with Crippen LogP contribution >= 0.6 is 0 Å². The van der Waals surface area contributed by atoms with Crippen LogP contribution in [0.4, 0.5) is 5.69 Å². The second-order valence-electron chi connectivity index (χ2n) is 10.7. The Balaban J connectivity index is 1.54. The fraction of sp³-hybridized carbons (Fsp3) is 0.379. The number of carbonyl (C=O) groups excluding carboxylic acids is 4. The number of fused-ring (bicyclic) bond motifs is 4. The van der Waals surface area contributed by atoms with E-state index in [4.69, 9.17) is 4.74 Å². The summed E-state index contributed by atoms with van der Waals surface area (Å²) >= 11 is 0. The highest BCUT2D eigenvalue weighted by Gasteiger charge is 2.67. The van der Waals surface area contributed by atoms with Crippen molar-refractivity contribution < 1.29 is 29.0 Å². The number of hydrogen-bond donors (Lipinski definition) is 1. The third-order valence-corrected chi connectivity index (χ3v) is 9.05. The number of likely N-dealkylation sites (tertiary alicyclic amines) is 1. The molecule has 2 heterocycles. The van der Waals surface area contributed by atoms with E-state index in [0.29, 0.717) is 29.8 Å². The minimum Gasteiger partial charge on any atom is -0.504 e. The van der Waals surface area contributed by atoms with Gasteiger partial charge >= 0.3 is 0 Å². The van der Waals surface area contributed by atoms with Crippen molar-refractivity contribution in [2.75, 3.05) is 19.1 Å². The van der Waals surface area contributed by atoms with E-state index < -0.39 is 29.1 Å². The molecule has 6 unspecified atom stereocenters. The number of methoxy groups -OCH3 is 1. The van der Waals surface area contributed by atoms with Crippen LogP contribution in [0.2, 0.25) is 0 Å². The minimum absolute atomic E-state index is 0.0694. The Hall–Kier alpha value is -3.94. The van der Waals surface area contributed by atoms with Crippen molar-refractivity contribution in [3.8, 4) is 11.5 Å². The van der Waals surface area contributed by atoms with Crippen LogP contribution in [0, 0.1) is 29.1 Å². The number of amides is 4. The summed E-state index contributed by atoms with van der Waals surface area (Å²) in [6.45, 7) is 1.82. The highest BCUT2D eigenvalue weighted by atomic mass is 16.5. The Bertz CT molecular complexity index is 1380. The van der Waals surface area contributed by atoms with Gasteiger partial charge in [-0.2, -0.15) is 0 Å². The number of benzene rings is 2. The Kier molecular flexibility index (Phi) is 5.09. The van der Waals surface area contributed by atoms with E-state index in [-0.39, 0.29) is 35.3 Å². The summed E-state index contributed by atoms with van der Waals surface area (Å²) in [5, 5.41) is 10.6. The number of aromatic hydroxyl groups is 1. The van der Waals surface area contributed by atoms with Crippen LogP contribution < -0.4 is 9.64 Å². The molecule has 190 valence electrons. The summed E-state index contributed by atoms with van der Waals surface area (Å²) < 4.78 is 5.23. The molecule has 6 atom stereocenters. The van der Waals surface area contributed by atoms with E-state index in [1.165, 1.54) is 24.0 Å². The molecule has 1 saturated carbocycles. The number of imide groups is 2. The van der Waals surface area contributed by atoms with Crippen LogP contribution in [0.25, 0.3) is 0 Å². The minimum atomic E-state index is -1.14. The number of rotatable bonds is 3. The first-order chi connectivity index (χ1) is 17.7. The van der Waals surface area contributed by atoms with Crippen molar-refractivity contribution in [1.29, 1.82) is 0 Å². The largest absolute Gasteiger partial charge is 0.504 e. The maximum Gasteiger partial charge on any atom is 0.241 e. The monoisotopic (exact) mass is 500 g/mol. The van der Waals surface area contributed by atoms with Gasteiger partial charge in [-0.3, -0.25) is 24.1 Å². The Labute approximate surface area is 214 Å². The summed E-state index contributed by atoms with van der Waals surface area (Å²) in [5.41, 5.74) is 0.922. The van der Waals surface area contributed by atoms with Crippen LogP contribution in [0.5, 0.6) is 11.5 Å². The van der Waals surface area contributed by atoms with Crippen molar-refractivity contribution in [2.24, 2.45) is 29.1 Å². The van der Waals surface area contributed by atoms with E-state index in [1.54, 1.807) is 42.5 Å². The van der Waals surface area contributed by atoms with E-state index in [0.717, 1.165) is 5.57 Å². The number of phenolic OH excluding ortho intramolecular Hbond substituents is 1. The van der Waals surface area contributed by atoms with Gasteiger partial charge in [0.25, 0.3) is 0 Å². The Morgan fingerprint density at radius 3 is 2.38 bits per heavy atom. The lowest BCUT2D eigenvalue weighted by Gasteiger charge is -2.49. The molecular formula is C29H28N2O6. The molecule has 2 aliphatic carbocycles. The number of carbonyl (C=O) groups is 4. The molecule has 0 radical (unpaired) electrons. The first-order valence-corrected chi connectivity index (χ1v) is 12.5. The molecule has 0 aromatic heterocycles. The molecule has 2 saturated heterocycles. The maximum atomic E-state index is 14.2. The topological polar surface area (TPSA) is 104 Å². The molecule has 2 aromatic rings. The maximum absolute atomic E-state index is 14.2. The fourth-order valence-corrected chi connectivity index (χ4v) is 7.26. The molecule has 2 aliphatic heterocycles. The Morgan fingerprint density at radius 1 is 0.973 bits per heavy atom. The second-order valence-corrected chi connectivity index (χ2v) is 10.7. The van der Waals surface area contributed by atoms with Gasteiger partial charge in [-0.25, -0.2) is 4.90 Å². The zero-order chi connectivity index (χ0) is 26.2. The standard InChI is InChI=1S/C29H28N2O6/c1-29-20(26(34)31(28(29)36)16-7-5-4-6-8-16)14-19-17(10-11-18-23(19)27(35)30(2)25(18)33)24(29)15-9-12-22(37-3)21(32)13-15/h4-10,12-13,18-20,23-24,32H,11,14H2,1-3H3. The Morgan fingerprint density at radius 2 is 1.70 bits per heavy atom. The average molecular weight is 501 g/mol. The number of anilines is 1. The molecule has 8 nitrogen and oxygen atoms in total. The average Bonchev–Trinajstić information content (AvgIpc) is 3.24. The number of ether oxygens (including phenoxy) is 1. The van der Waals surface area contributed by atoms with Crippen molar-refractivity contribution in [1.82, 2.24) is 4.90 Å². The lowest BCUT2D eigenvalue weighted by atomic mass is 9.51. The summed E-state index contributed by atoms with van der Waals surface area (Å²) in [5.74, 6) is -3.44. The predicted molar refractivity (Wildman–Crippen MR) is 133 cm³/mol. The van der Waals surface area contributed by atoms with Gasteiger partial charge in [0, 0.05) is 13.0 Å². The normalized spacial score (nSPS) is 32.7. The number of allylic oxidation sites excluding steroid dienone is 2. The zero-order valence-corrected chi connectivity index (χ0v) is 20.9. The van der Waals surface area contributed by atoms with Gasteiger partial charge in [-0.05, 0) is 55.5 Å². The highest BCUT2D eigenvalue weighted by Crippen LogP contribution is 2.63. The smallest absolute Gasteiger partial charge is 0.241 e. The van der Waals surface area contributed by atoms with Crippen LogP contribution in [0.15, 0.2) is 60.2 Å². The molecule has 3 fully saturated rings. The highest BCUT2D eigenvalue weighted by molar-refractivity contribution is 6.24. The molecule has 37 heavy (non-hydrogen) atoms. The molecule has 0 spiro atoms. The molecule has 4 amide bonds. The SMILES string of the molecule is COc1ccc(C2C3=CCC4C(=O)N(C)C(=O)C4C3CC3C(=O)N(c4ccccc4)C(=O)C32C)cc1O. The van der Waals surface area contributed by atoms with Gasteiger partial charge in [0.05, 0.1) is 36.0 Å². The molecule has 2 aromatic carbocycles. The zero-order valence-electron chi connectivity index (χ0n) is 20.9. The number of para-hydroxylation sites is 1. The van der Waals surface area contributed by atoms with Gasteiger partial charge in [0.1, 0.15) is 0 Å². The summed E-state index contributed by atoms with van der Waals surface area (Å²) in [6.07, 6.45) is 2.70. The second kappa shape index (κ2) is 8.03. The van der Waals surface area contributed by atoms with Gasteiger partial charge in [-0.15, -0.1) is 0 Å². The summed E-state index contributed by atoms with van der Waals surface area (Å²) in [7, 11) is 2.97. The summed E-state index contributed by atoms with van der Waals surface area (Å²) in [6, 6.07) is 13.9. The fourth-order valence-electron chi connectivity index (χ4n) is 7.26. The molecule has 8 heteroatoms. The lowest BCUT2D eigenvalue weighted by molar-refractivity contribution is -0.138. The van der Waals surface area contributed by atoms with Gasteiger partial charge < -0.3 is 9.84 Å². The van der Waals surface area contributed by atoms with Crippen LogP contribution in [-0.2, 0) is 19.2 Å². The molecule has 0 bridgehead atoms. The van der Waals surface area contributed by atoms with Crippen LogP contribution in [-0.4, -0.2) is 47.8 Å². The van der Waals surface area contributed by atoms with E-state index in [1.807, 2.05) is 19.1 Å². The first-order valence-electron chi connectivity index (χ1n) is 12.5. The van der Waals surface area contributed by atoms with Crippen molar-refractivity contribution in [2.45, 2.75) is 25.7 Å². The van der Waals surface area contributed by atoms with E-state index >= 15 is 0 Å². The third-order valence-electron chi connectivity index (χ3n) is 9.05. The third kappa shape index (κ3) is 3.01. The molecule has 1 N–H and O–H groups in total. The van der Waals surface area contributed by atoms with E-state index in [2.05, 4.69) is 0 Å². The number of nitrogens with zero attached hydrogens (tertiary/aromatic N) is 2. The van der Waals surface area contributed by atoms with Crippen molar-refractivity contribution >= 4 is 29.3 Å². The predicted octanol–water partition coefficient (Wildman–Crippen LogP) is 3.26. The van der Waals surface area contributed by atoms with Gasteiger partial charge in [0.15, 0.2) is 11.5 Å². The van der Waals surface area contributed by atoms with Crippen molar-refractivity contribution in [3.05, 3.63) is 65.7 Å². The first kappa shape index (κ1) is 23.5. The molecule has 4 aliphatic rings. The molecular weight excluding hydrogens is 472 g/mol. The molecule has 6 rings (SSSR count). The van der Waals surface area contributed by atoms with Crippen LogP contribution in [0.3, 0.4) is 0 Å². The lowest BCUT2D eigenvalue weighted by Crippen LogP contribution is -2.48. The van der Waals surface area contributed by atoms with Crippen molar-refractivity contribution in [3.63, 3.8) is 0 Å². The summed E-state index contributed by atoms with van der Waals surface area (Å²) in [4.78, 5) is 56.7. The van der Waals surface area contributed by atoms with Crippen LogP contribution in [0.1, 0.15) is 31.2 Å². The van der Waals surface area contributed by atoms with Gasteiger partial charge in [0.2, 0.25) is 23.6 Å². The number of phenols is 1. The quantitative estimate of drug-likeness (QED) is 0.513. The van der Waals surface area contributed by atoms with Gasteiger partial charge in [-0.1, -0.05) is 35.9 Å². The number of hydrogen-bond acceptors (Lipinski definition) is 6.